The second-order valence-electron chi connectivity index (χ2n) is 7.06. The molecule has 0 bridgehead atoms. The van der Waals surface area contributed by atoms with Gasteiger partial charge in [0.2, 0.25) is 5.89 Å². The summed E-state index contributed by atoms with van der Waals surface area (Å²) in [6.45, 7) is 9.11. The molecule has 3 heterocycles. The van der Waals surface area contributed by atoms with Gasteiger partial charge in [0.25, 0.3) is 0 Å². The second kappa shape index (κ2) is 10.0. The molecule has 3 N–H and O–H groups in total. The van der Waals surface area contributed by atoms with E-state index in [4.69, 9.17) is 9.15 Å². The molecule has 1 fully saturated rings. The van der Waals surface area contributed by atoms with Crippen LogP contribution in [0.15, 0.2) is 33.2 Å². The van der Waals surface area contributed by atoms with Crippen molar-refractivity contribution in [1.82, 2.24) is 20.5 Å². The van der Waals surface area contributed by atoms with E-state index in [1.807, 2.05) is 31.4 Å². The van der Waals surface area contributed by atoms with Gasteiger partial charge in [-0.2, -0.15) is 0 Å². The van der Waals surface area contributed by atoms with Crippen molar-refractivity contribution in [1.29, 1.82) is 0 Å². The average molecular weight is 408 g/mol. The highest BCUT2D eigenvalue weighted by atomic mass is 32.1. The number of aromatic nitrogens is 1. The van der Waals surface area contributed by atoms with Gasteiger partial charge in [0, 0.05) is 32.7 Å². The summed E-state index contributed by atoms with van der Waals surface area (Å²) in [5.74, 6) is 1.26. The number of guanidine groups is 1. The van der Waals surface area contributed by atoms with Crippen molar-refractivity contribution in [2.75, 3.05) is 45.9 Å². The zero-order valence-corrected chi connectivity index (χ0v) is 17.3. The van der Waals surface area contributed by atoms with Crippen molar-refractivity contribution in [3.8, 4) is 10.8 Å². The van der Waals surface area contributed by atoms with Gasteiger partial charge in [-0.15, -0.1) is 11.3 Å². The van der Waals surface area contributed by atoms with Crippen LogP contribution in [0.1, 0.15) is 19.5 Å². The summed E-state index contributed by atoms with van der Waals surface area (Å²) in [6, 6.07) is 3.95. The SMILES string of the molecule is CCNC(=NCc1coc(-c2cccs2)n1)NCC(C)(O)CN1CCOCC1. The molecular formula is C19H29N5O3S. The number of hydrogen-bond acceptors (Lipinski definition) is 7. The first-order valence-corrected chi connectivity index (χ1v) is 10.5. The van der Waals surface area contributed by atoms with Crippen LogP contribution in [0.3, 0.4) is 0 Å². The van der Waals surface area contributed by atoms with E-state index in [2.05, 4.69) is 25.5 Å². The standard InChI is InChI=1S/C19H29N5O3S/c1-3-20-18(22-13-19(2,25)14-24-6-8-26-9-7-24)21-11-15-12-27-17(23-15)16-5-4-10-28-16/h4-5,10,12,25H,3,6-9,11,13-14H2,1-2H3,(H2,20,21,22). The fraction of sp³-hybridized carbons (Fsp3) is 0.579. The molecule has 2 aromatic rings. The molecule has 0 aliphatic carbocycles. The number of aliphatic imine (C=N–C) groups is 1. The van der Waals surface area contributed by atoms with E-state index in [0.29, 0.717) is 31.5 Å². The molecule has 0 radical (unpaired) electrons. The maximum absolute atomic E-state index is 10.7. The average Bonchev–Trinajstić information content (AvgIpc) is 3.36. The zero-order valence-electron chi connectivity index (χ0n) is 16.5. The molecule has 8 nitrogen and oxygen atoms in total. The predicted octanol–water partition coefficient (Wildman–Crippen LogP) is 1.54. The van der Waals surface area contributed by atoms with E-state index < -0.39 is 5.60 Å². The third-order valence-electron chi connectivity index (χ3n) is 4.33. The highest BCUT2D eigenvalue weighted by molar-refractivity contribution is 7.13. The number of nitrogens with one attached hydrogen (secondary N) is 2. The summed E-state index contributed by atoms with van der Waals surface area (Å²) < 4.78 is 10.9. The van der Waals surface area contributed by atoms with Gasteiger partial charge in [0.15, 0.2) is 5.96 Å². The van der Waals surface area contributed by atoms with Crippen molar-refractivity contribution < 1.29 is 14.3 Å². The first kappa shape index (κ1) is 20.8. The summed E-state index contributed by atoms with van der Waals surface area (Å²) in [7, 11) is 0. The molecule has 28 heavy (non-hydrogen) atoms. The minimum atomic E-state index is -0.867. The smallest absolute Gasteiger partial charge is 0.236 e. The largest absolute Gasteiger partial charge is 0.443 e. The van der Waals surface area contributed by atoms with Gasteiger partial charge >= 0.3 is 0 Å². The van der Waals surface area contributed by atoms with Crippen LogP contribution in [-0.2, 0) is 11.3 Å². The van der Waals surface area contributed by atoms with Crippen LogP contribution in [0, 0.1) is 0 Å². The number of nitrogens with zero attached hydrogens (tertiary/aromatic N) is 3. The van der Waals surface area contributed by atoms with Crippen molar-refractivity contribution in [2.24, 2.45) is 4.99 Å². The van der Waals surface area contributed by atoms with E-state index >= 15 is 0 Å². The molecule has 1 atom stereocenters. The normalized spacial score (nSPS) is 18.0. The van der Waals surface area contributed by atoms with Crippen LogP contribution < -0.4 is 10.6 Å². The molecule has 2 aromatic heterocycles. The number of thiophene rings is 1. The Hall–Kier alpha value is -1.94. The molecule has 1 saturated heterocycles. The van der Waals surface area contributed by atoms with Crippen molar-refractivity contribution in [2.45, 2.75) is 26.0 Å². The minimum absolute atomic E-state index is 0.398. The fourth-order valence-corrected chi connectivity index (χ4v) is 3.62. The van der Waals surface area contributed by atoms with E-state index in [1.54, 1.807) is 17.6 Å². The fourth-order valence-electron chi connectivity index (χ4n) is 2.97. The highest BCUT2D eigenvalue weighted by Crippen LogP contribution is 2.23. The van der Waals surface area contributed by atoms with Crippen LogP contribution in [0.4, 0.5) is 0 Å². The summed E-state index contributed by atoms with van der Waals surface area (Å²) in [5.41, 5.74) is -0.103. The van der Waals surface area contributed by atoms with Gasteiger partial charge in [0.1, 0.15) is 12.0 Å². The molecule has 0 aromatic carbocycles. The monoisotopic (exact) mass is 407 g/mol. The minimum Gasteiger partial charge on any atom is -0.443 e. The molecular weight excluding hydrogens is 378 g/mol. The first-order valence-electron chi connectivity index (χ1n) is 9.59. The van der Waals surface area contributed by atoms with E-state index in [0.717, 1.165) is 43.4 Å². The summed E-state index contributed by atoms with van der Waals surface area (Å²) in [6.07, 6.45) is 1.64. The first-order chi connectivity index (χ1) is 13.6. The number of hydrogen-bond donors (Lipinski definition) is 3. The summed E-state index contributed by atoms with van der Waals surface area (Å²) in [5, 5.41) is 19.1. The summed E-state index contributed by atoms with van der Waals surface area (Å²) >= 11 is 1.59. The third-order valence-corrected chi connectivity index (χ3v) is 5.19. The Morgan fingerprint density at radius 3 is 2.93 bits per heavy atom. The predicted molar refractivity (Wildman–Crippen MR) is 111 cm³/mol. The van der Waals surface area contributed by atoms with Crippen LogP contribution in [0.25, 0.3) is 10.8 Å². The maximum atomic E-state index is 10.7. The lowest BCUT2D eigenvalue weighted by atomic mass is 10.1. The van der Waals surface area contributed by atoms with Gasteiger partial charge in [-0.3, -0.25) is 4.90 Å². The molecule has 1 unspecified atom stereocenters. The van der Waals surface area contributed by atoms with Gasteiger partial charge in [-0.1, -0.05) is 6.07 Å². The van der Waals surface area contributed by atoms with Gasteiger partial charge in [-0.25, -0.2) is 9.98 Å². The van der Waals surface area contributed by atoms with Gasteiger partial charge in [-0.05, 0) is 25.3 Å². The highest BCUT2D eigenvalue weighted by Gasteiger charge is 2.25. The third kappa shape index (κ3) is 6.30. The van der Waals surface area contributed by atoms with E-state index in [9.17, 15) is 5.11 Å². The van der Waals surface area contributed by atoms with Crippen LogP contribution in [0.2, 0.25) is 0 Å². The Labute approximate surface area is 169 Å². The van der Waals surface area contributed by atoms with Crippen LogP contribution in [0.5, 0.6) is 0 Å². The van der Waals surface area contributed by atoms with Gasteiger partial charge < -0.3 is 24.9 Å². The van der Waals surface area contributed by atoms with E-state index in [1.165, 1.54) is 0 Å². The Kier molecular flexibility index (Phi) is 7.43. The number of oxazole rings is 1. The molecule has 0 saturated carbocycles. The number of rotatable bonds is 8. The Bertz CT molecular complexity index is 739. The number of morpholine rings is 1. The maximum Gasteiger partial charge on any atom is 0.236 e. The quantitative estimate of drug-likeness (QED) is 0.451. The molecule has 9 heteroatoms. The van der Waals surface area contributed by atoms with E-state index in [-0.39, 0.29) is 0 Å². The molecule has 0 spiro atoms. The zero-order chi connectivity index (χ0) is 19.8. The molecule has 0 amide bonds. The molecule has 3 rings (SSSR count). The lowest BCUT2D eigenvalue weighted by Crippen LogP contribution is -2.52. The molecule has 154 valence electrons. The summed E-state index contributed by atoms with van der Waals surface area (Å²) in [4.78, 5) is 12.3. The Balaban J connectivity index is 1.53. The van der Waals surface area contributed by atoms with Crippen LogP contribution >= 0.6 is 11.3 Å². The Morgan fingerprint density at radius 2 is 2.21 bits per heavy atom. The van der Waals surface area contributed by atoms with Gasteiger partial charge in [0.05, 0.1) is 30.2 Å². The second-order valence-corrected chi connectivity index (χ2v) is 8.00. The van der Waals surface area contributed by atoms with Crippen molar-refractivity contribution >= 4 is 17.3 Å². The Morgan fingerprint density at radius 1 is 1.39 bits per heavy atom. The topological polar surface area (TPSA) is 95.2 Å². The number of aliphatic hydroxyl groups is 1. The van der Waals surface area contributed by atoms with Crippen molar-refractivity contribution in [3.63, 3.8) is 0 Å². The molecule has 1 aliphatic rings. The lowest BCUT2D eigenvalue weighted by molar-refractivity contribution is -0.0201. The lowest BCUT2D eigenvalue weighted by Gasteiger charge is -2.34. The molecule has 1 aliphatic heterocycles. The number of ether oxygens (including phenoxy) is 1. The number of β-amino-alcohol motifs (C(OH)–C–C–N with tert-alkyl or cyclic N) is 1. The van der Waals surface area contributed by atoms with Crippen LogP contribution in [-0.4, -0.2) is 72.5 Å². The van der Waals surface area contributed by atoms with Crippen molar-refractivity contribution in [3.05, 3.63) is 29.5 Å².